The van der Waals surface area contributed by atoms with Gasteiger partial charge in [-0.15, -0.1) is 5.10 Å². The van der Waals surface area contributed by atoms with Crippen molar-refractivity contribution in [1.29, 1.82) is 0 Å². The molecule has 1 aromatic carbocycles. The maximum Gasteiger partial charge on any atom is 0.241 e. The Bertz CT molecular complexity index is 1020. The van der Waals surface area contributed by atoms with Crippen LogP contribution >= 0.6 is 0 Å². The molecule has 1 saturated carbocycles. The Kier molecular flexibility index (Phi) is 6.11. The molecule has 0 radical (unpaired) electrons. The van der Waals surface area contributed by atoms with Crippen LogP contribution in [0, 0.1) is 0 Å². The van der Waals surface area contributed by atoms with Gasteiger partial charge in [-0.3, -0.25) is 4.79 Å². The van der Waals surface area contributed by atoms with Crippen LogP contribution in [-0.4, -0.2) is 51.9 Å². The van der Waals surface area contributed by atoms with Gasteiger partial charge in [0.25, 0.3) is 0 Å². The van der Waals surface area contributed by atoms with Gasteiger partial charge in [-0.25, -0.2) is 9.50 Å². The molecule has 158 valence electrons. The number of nitrogens with one attached hydrogen (secondary N) is 1. The lowest BCUT2D eigenvalue weighted by molar-refractivity contribution is 0.112. The number of methoxy groups -OCH3 is 1. The Balaban J connectivity index is 1.79. The van der Waals surface area contributed by atoms with Gasteiger partial charge in [-0.05, 0) is 50.3 Å². The van der Waals surface area contributed by atoms with Crippen LogP contribution in [0.2, 0.25) is 0 Å². The minimum atomic E-state index is -0.210. The fourth-order valence-electron chi connectivity index (χ4n) is 4.27. The third-order valence-electron chi connectivity index (χ3n) is 5.79. The van der Waals surface area contributed by atoms with Crippen LogP contribution in [0.3, 0.4) is 0 Å². The number of carbonyl (C=O) groups excluding carboxylic acids is 1. The molecule has 1 atom stereocenters. The summed E-state index contributed by atoms with van der Waals surface area (Å²) in [6, 6.07) is 9.84. The van der Waals surface area contributed by atoms with E-state index >= 15 is 0 Å². The Labute approximate surface area is 176 Å². The van der Waals surface area contributed by atoms with E-state index in [1.54, 1.807) is 13.2 Å². The second-order valence-electron chi connectivity index (χ2n) is 8.11. The normalized spacial score (nSPS) is 20.2. The molecular formula is C23H28N4O3. The highest BCUT2D eigenvalue weighted by Crippen LogP contribution is 2.37. The number of aldehydes is 1. The minimum absolute atomic E-state index is 0.0834. The van der Waals surface area contributed by atoms with E-state index in [0.29, 0.717) is 24.0 Å². The number of aromatic nitrogens is 3. The first kappa shape index (κ1) is 20.5. The van der Waals surface area contributed by atoms with Crippen molar-refractivity contribution in [3.8, 4) is 11.1 Å². The van der Waals surface area contributed by atoms with Crippen LogP contribution in [0.1, 0.15) is 54.6 Å². The number of anilines is 1. The van der Waals surface area contributed by atoms with Crippen LogP contribution in [-0.2, 0) is 4.74 Å². The lowest BCUT2D eigenvalue weighted by Gasteiger charge is -2.25. The molecule has 2 N–H and O–H groups in total. The van der Waals surface area contributed by atoms with E-state index in [-0.39, 0.29) is 12.1 Å². The quantitative estimate of drug-likeness (QED) is 0.580. The number of hydrogen-bond acceptors (Lipinski definition) is 6. The smallest absolute Gasteiger partial charge is 0.241 e. The first-order valence-corrected chi connectivity index (χ1v) is 10.5. The molecule has 7 nitrogen and oxygen atoms in total. The number of aliphatic hydroxyl groups excluding tert-OH is 1. The summed E-state index contributed by atoms with van der Waals surface area (Å²) in [5.74, 6) is 0.871. The van der Waals surface area contributed by atoms with Crippen molar-refractivity contribution >= 4 is 17.8 Å². The van der Waals surface area contributed by atoms with E-state index in [1.807, 2.05) is 35.8 Å². The van der Waals surface area contributed by atoms with Crippen LogP contribution in [0.4, 0.5) is 5.95 Å². The maximum absolute atomic E-state index is 11.3. The molecule has 3 aromatic rings. The average molecular weight is 409 g/mol. The number of ether oxygens (including phenoxy) is 1. The average Bonchev–Trinajstić information content (AvgIpc) is 3.13. The van der Waals surface area contributed by atoms with Crippen LogP contribution in [0.15, 0.2) is 36.5 Å². The fraction of sp³-hybridized carbons (Fsp3) is 0.435. The van der Waals surface area contributed by atoms with Gasteiger partial charge in [0.15, 0.2) is 0 Å². The van der Waals surface area contributed by atoms with Gasteiger partial charge in [0.1, 0.15) is 6.29 Å². The molecule has 1 fully saturated rings. The van der Waals surface area contributed by atoms with Crippen LogP contribution in [0.25, 0.3) is 16.6 Å². The Morgan fingerprint density at radius 3 is 2.83 bits per heavy atom. The largest absolute Gasteiger partial charge is 0.393 e. The van der Waals surface area contributed by atoms with Gasteiger partial charge in [-0.2, -0.15) is 0 Å². The number of hydrogen-bond donors (Lipinski definition) is 2. The number of benzene rings is 1. The monoisotopic (exact) mass is 408 g/mol. The van der Waals surface area contributed by atoms with E-state index in [1.165, 1.54) is 0 Å². The zero-order chi connectivity index (χ0) is 21.1. The van der Waals surface area contributed by atoms with Crippen molar-refractivity contribution in [2.75, 3.05) is 19.0 Å². The first-order chi connectivity index (χ1) is 14.6. The zero-order valence-electron chi connectivity index (χ0n) is 17.4. The Morgan fingerprint density at radius 1 is 1.30 bits per heavy atom. The standard InChI is InChI=1S/C23H28N4O3/c1-15(14-30-2)25-23-24-12-22-20(18-5-3-4-16(10-18)13-28)11-21(27(22)26-23)17-6-8-19(29)9-7-17/h3-5,10-13,15,17,19,29H,6-9,14H2,1-2H3,(H,25,26). The molecule has 2 aromatic heterocycles. The van der Waals surface area contributed by atoms with E-state index in [2.05, 4.69) is 16.4 Å². The summed E-state index contributed by atoms with van der Waals surface area (Å²) in [5, 5.41) is 18.0. The van der Waals surface area contributed by atoms with Crippen LogP contribution in [0.5, 0.6) is 0 Å². The lowest BCUT2D eigenvalue weighted by Crippen LogP contribution is -2.23. The van der Waals surface area contributed by atoms with E-state index in [4.69, 9.17) is 9.84 Å². The summed E-state index contributed by atoms with van der Waals surface area (Å²) in [6.45, 7) is 2.58. The van der Waals surface area contributed by atoms with Gasteiger partial charge in [0.2, 0.25) is 5.95 Å². The predicted molar refractivity (Wildman–Crippen MR) is 116 cm³/mol. The molecule has 1 aliphatic carbocycles. The summed E-state index contributed by atoms with van der Waals surface area (Å²) in [6.07, 6.45) is 5.93. The Morgan fingerprint density at radius 2 is 2.10 bits per heavy atom. The molecule has 2 heterocycles. The van der Waals surface area contributed by atoms with E-state index in [9.17, 15) is 9.90 Å². The maximum atomic E-state index is 11.3. The number of nitrogens with zero attached hydrogens (tertiary/aromatic N) is 3. The third kappa shape index (κ3) is 4.22. The summed E-state index contributed by atoms with van der Waals surface area (Å²) in [7, 11) is 1.67. The SMILES string of the molecule is COCC(C)Nc1ncc2c(-c3cccc(C=O)c3)cc(C3CCC(O)CC3)n2n1. The van der Waals surface area contributed by atoms with Gasteiger partial charge >= 0.3 is 0 Å². The molecule has 1 unspecified atom stereocenters. The number of fused-ring (bicyclic) bond motifs is 1. The molecule has 4 rings (SSSR count). The molecule has 0 spiro atoms. The predicted octanol–water partition coefficient (Wildman–Crippen LogP) is 3.67. The van der Waals surface area contributed by atoms with Crippen molar-refractivity contribution in [3.05, 3.63) is 47.8 Å². The van der Waals surface area contributed by atoms with Crippen molar-refractivity contribution in [1.82, 2.24) is 14.6 Å². The lowest BCUT2D eigenvalue weighted by atomic mass is 9.85. The number of aliphatic hydroxyl groups is 1. The highest BCUT2D eigenvalue weighted by molar-refractivity contribution is 5.85. The summed E-state index contributed by atoms with van der Waals surface area (Å²) in [4.78, 5) is 15.8. The molecule has 30 heavy (non-hydrogen) atoms. The first-order valence-electron chi connectivity index (χ1n) is 10.5. The fourth-order valence-corrected chi connectivity index (χ4v) is 4.27. The molecule has 1 aliphatic rings. The summed E-state index contributed by atoms with van der Waals surface area (Å²) < 4.78 is 7.17. The van der Waals surface area contributed by atoms with Gasteiger partial charge < -0.3 is 15.2 Å². The zero-order valence-corrected chi connectivity index (χ0v) is 17.4. The van der Waals surface area contributed by atoms with Crippen molar-refractivity contribution < 1.29 is 14.6 Å². The topological polar surface area (TPSA) is 88.8 Å². The van der Waals surface area contributed by atoms with Gasteiger partial charge in [0, 0.05) is 35.9 Å². The molecular weight excluding hydrogens is 380 g/mol. The third-order valence-corrected chi connectivity index (χ3v) is 5.79. The van der Waals surface area contributed by atoms with Crippen molar-refractivity contribution in [2.24, 2.45) is 0 Å². The summed E-state index contributed by atoms with van der Waals surface area (Å²) >= 11 is 0. The van der Waals surface area contributed by atoms with E-state index < -0.39 is 0 Å². The number of carbonyl (C=O) groups is 1. The number of rotatable bonds is 7. The van der Waals surface area contributed by atoms with Crippen molar-refractivity contribution in [3.63, 3.8) is 0 Å². The second-order valence-corrected chi connectivity index (χ2v) is 8.11. The molecule has 0 saturated heterocycles. The van der Waals surface area contributed by atoms with Gasteiger partial charge in [0.05, 0.1) is 24.4 Å². The molecule has 0 amide bonds. The molecule has 7 heteroatoms. The minimum Gasteiger partial charge on any atom is -0.393 e. The second kappa shape index (κ2) is 8.93. The van der Waals surface area contributed by atoms with Crippen molar-refractivity contribution in [2.45, 2.75) is 50.7 Å². The molecule has 0 bridgehead atoms. The highest BCUT2D eigenvalue weighted by Gasteiger charge is 2.25. The Hall–Kier alpha value is -2.77. The highest BCUT2D eigenvalue weighted by atomic mass is 16.5. The summed E-state index contributed by atoms with van der Waals surface area (Å²) in [5.41, 5.74) is 4.65. The van der Waals surface area contributed by atoms with Gasteiger partial charge in [-0.1, -0.05) is 18.2 Å². The molecule has 0 aliphatic heterocycles. The van der Waals surface area contributed by atoms with E-state index in [0.717, 1.165) is 54.3 Å². The van der Waals surface area contributed by atoms with Crippen LogP contribution < -0.4 is 5.32 Å².